The van der Waals surface area contributed by atoms with E-state index >= 15 is 0 Å². The van der Waals surface area contributed by atoms with Crippen LogP contribution in [0.25, 0.3) is 0 Å². The lowest BCUT2D eigenvalue weighted by Crippen LogP contribution is -2.19. The largest absolute Gasteiger partial charge is 0.392 e. The Bertz CT molecular complexity index is 480. The maximum atomic E-state index is 12.0. The first-order valence-electron chi connectivity index (χ1n) is 6.47. The summed E-state index contributed by atoms with van der Waals surface area (Å²) < 4.78 is 4.81. The summed E-state index contributed by atoms with van der Waals surface area (Å²) in [6.07, 6.45) is 3.78. The van der Waals surface area contributed by atoms with Gasteiger partial charge in [0.25, 0.3) is 0 Å². The van der Waals surface area contributed by atoms with E-state index in [0.29, 0.717) is 0 Å². The Balaban J connectivity index is 3.31. The topological polar surface area (TPSA) is 43.4 Å². The zero-order chi connectivity index (χ0) is 14.7. The quantitative estimate of drug-likeness (QED) is 0.338. The van der Waals surface area contributed by atoms with E-state index in [1.165, 1.54) is 0 Å². The highest BCUT2D eigenvalue weighted by atomic mass is 16.6. The van der Waals surface area contributed by atoms with Gasteiger partial charge in [0.2, 0.25) is 0 Å². The Kier molecular flexibility index (Phi) is 4.87. The summed E-state index contributed by atoms with van der Waals surface area (Å²) in [5, 5.41) is 0. The molecule has 1 aliphatic rings. The molecule has 0 amide bonds. The van der Waals surface area contributed by atoms with Gasteiger partial charge in [-0.05, 0) is 47.1 Å². The van der Waals surface area contributed by atoms with Crippen LogP contribution in [0.1, 0.15) is 41.5 Å². The van der Waals surface area contributed by atoms with Gasteiger partial charge in [-0.2, -0.15) is 0 Å². The number of carbonyl (C=O) groups excluding carboxylic acids is 2. The first-order valence-corrected chi connectivity index (χ1v) is 6.47. The van der Waals surface area contributed by atoms with E-state index in [0.717, 1.165) is 22.3 Å². The maximum absolute atomic E-state index is 12.0. The van der Waals surface area contributed by atoms with E-state index in [2.05, 4.69) is 0 Å². The summed E-state index contributed by atoms with van der Waals surface area (Å²) in [4.78, 5) is 23.8. The van der Waals surface area contributed by atoms with Crippen LogP contribution in [0.3, 0.4) is 0 Å². The molecular weight excluding hydrogens is 240 g/mol. The van der Waals surface area contributed by atoms with Gasteiger partial charge in [-0.25, -0.2) is 0 Å². The molecule has 0 N–H and O–H groups in total. The summed E-state index contributed by atoms with van der Waals surface area (Å²) >= 11 is 0. The molecule has 1 rings (SSSR count). The first-order chi connectivity index (χ1) is 8.73. The number of esters is 2. The van der Waals surface area contributed by atoms with Gasteiger partial charge in [-0.1, -0.05) is 28.9 Å². The Hall–Kier alpha value is -1.64. The molecule has 3 nitrogen and oxygen atoms in total. The normalized spacial score (nSPS) is 21.8. The predicted octanol–water partition coefficient (Wildman–Crippen LogP) is 3.57. The van der Waals surface area contributed by atoms with Crippen molar-refractivity contribution in [2.24, 2.45) is 11.8 Å². The molecule has 0 aliphatic carbocycles. The van der Waals surface area contributed by atoms with Crippen LogP contribution in [0.2, 0.25) is 0 Å². The number of cyclic esters (lactones) is 2. The van der Waals surface area contributed by atoms with Crippen molar-refractivity contribution in [1.29, 1.82) is 0 Å². The van der Waals surface area contributed by atoms with Crippen LogP contribution in [-0.2, 0) is 14.3 Å². The van der Waals surface area contributed by atoms with E-state index in [4.69, 9.17) is 4.74 Å². The second kappa shape index (κ2) is 6.00. The third-order valence-electron chi connectivity index (χ3n) is 2.96. The minimum absolute atomic E-state index is 0.443. The van der Waals surface area contributed by atoms with Gasteiger partial charge in [-0.15, -0.1) is 0 Å². The van der Waals surface area contributed by atoms with Gasteiger partial charge >= 0.3 is 11.9 Å². The molecule has 0 aromatic rings. The molecule has 0 radical (unpaired) electrons. The van der Waals surface area contributed by atoms with Crippen molar-refractivity contribution in [2.45, 2.75) is 41.5 Å². The number of rotatable bonds is 3. The summed E-state index contributed by atoms with van der Waals surface area (Å²) in [7, 11) is 0. The van der Waals surface area contributed by atoms with Gasteiger partial charge < -0.3 is 4.74 Å². The van der Waals surface area contributed by atoms with Gasteiger partial charge in [0.15, 0.2) is 0 Å². The van der Waals surface area contributed by atoms with Crippen LogP contribution < -0.4 is 0 Å². The van der Waals surface area contributed by atoms with Gasteiger partial charge in [-0.3, -0.25) is 9.59 Å². The average molecular weight is 262 g/mol. The third kappa shape index (κ3) is 3.66. The number of hydrogen-bond acceptors (Lipinski definition) is 3. The van der Waals surface area contributed by atoms with E-state index in [9.17, 15) is 9.59 Å². The molecule has 1 aliphatic heterocycles. The molecule has 2 atom stereocenters. The highest BCUT2D eigenvalue weighted by Gasteiger charge is 2.44. The highest BCUT2D eigenvalue weighted by molar-refractivity contribution is 5.99. The molecule has 19 heavy (non-hydrogen) atoms. The van der Waals surface area contributed by atoms with E-state index < -0.39 is 23.8 Å². The van der Waals surface area contributed by atoms with Crippen LogP contribution in [0.4, 0.5) is 0 Å². The minimum atomic E-state index is -0.512. The summed E-state index contributed by atoms with van der Waals surface area (Å²) in [6, 6.07) is 0. The number of hydrogen-bond donors (Lipinski definition) is 0. The highest BCUT2D eigenvalue weighted by Crippen LogP contribution is 2.34. The summed E-state index contributed by atoms with van der Waals surface area (Å²) in [6.45, 7) is 11.7. The van der Waals surface area contributed by atoms with Gasteiger partial charge in [0, 0.05) is 0 Å². The number of allylic oxidation sites excluding steroid dienone is 4. The van der Waals surface area contributed by atoms with Crippen LogP contribution in [0.15, 0.2) is 34.4 Å². The molecular formula is C16H22O3. The van der Waals surface area contributed by atoms with Crippen LogP contribution in [-0.4, -0.2) is 11.9 Å². The van der Waals surface area contributed by atoms with Crippen molar-refractivity contribution < 1.29 is 14.3 Å². The SMILES string of the molecule is CC(C)=CC(=C(C)C)C1C(=O)OC(=O)C1C=C(C)C. The smallest absolute Gasteiger partial charge is 0.322 e. The Morgan fingerprint density at radius 3 is 1.95 bits per heavy atom. The third-order valence-corrected chi connectivity index (χ3v) is 2.96. The van der Waals surface area contributed by atoms with Crippen molar-refractivity contribution in [3.63, 3.8) is 0 Å². The molecule has 0 spiro atoms. The summed E-state index contributed by atoms with van der Waals surface area (Å²) in [5.74, 6) is -1.90. The molecule has 1 saturated heterocycles. The van der Waals surface area contributed by atoms with Crippen LogP contribution in [0.5, 0.6) is 0 Å². The lowest BCUT2D eigenvalue weighted by Gasteiger charge is -2.15. The molecule has 1 fully saturated rings. The molecule has 3 heteroatoms. The van der Waals surface area contributed by atoms with E-state index in [1.54, 1.807) is 0 Å². The van der Waals surface area contributed by atoms with Crippen molar-refractivity contribution >= 4 is 11.9 Å². The second-order valence-corrected chi connectivity index (χ2v) is 5.66. The minimum Gasteiger partial charge on any atom is -0.392 e. The molecule has 0 bridgehead atoms. The lowest BCUT2D eigenvalue weighted by atomic mass is 9.84. The second-order valence-electron chi connectivity index (χ2n) is 5.66. The fourth-order valence-corrected chi connectivity index (χ4v) is 2.21. The molecule has 0 aromatic carbocycles. The van der Waals surface area contributed by atoms with Crippen molar-refractivity contribution in [1.82, 2.24) is 0 Å². The Labute approximate surface area is 115 Å². The lowest BCUT2D eigenvalue weighted by molar-refractivity contribution is -0.153. The first kappa shape index (κ1) is 15.4. The van der Waals surface area contributed by atoms with Crippen LogP contribution in [0, 0.1) is 11.8 Å². The Morgan fingerprint density at radius 2 is 1.53 bits per heavy atom. The molecule has 2 unspecified atom stereocenters. The molecule has 0 aromatic heterocycles. The monoisotopic (exact) mass is 262 g/mol. The number of carbonyl (C=O) groups is 2. The molecule has 104 valence electrons. The predicted molar refractivity (Wildman–Crippen MR) is 75.3 cm³/mol. The molecule has 0 saturated carbocycles. The van der Waals surface area contributed by atoms with E-state index in [-0.39, 0.29) is 0 Å². The van der Waals surface area contributed by atoms with E-state index in [1.807, 2.05) is 53.7 Å². The zero-order valence-electron chi connectivity index (χ0n) is 12.5. The van der Waals surface area contributed by atoms with Crippen molar-refractivity contribution in [3.05, 3.63) is 34.4 Å². The maximum Gasteiger partial charge on any atom is 0.322 e. The summed E-state index contributed by atoms with van der Waals surface area (Å²) in [5.41, 5.74) is 4.02. The van der Waals surface area contributed by atoms with Crippen molar-refractivity contribution in [3.8, 4) is 0 Å². The van der Waals surface area contributed by atoms with Crippen LogP contribution >= 0.6 is 0 Å². The standard InChI is InChI=1S/C16H22O3/c1-9(2)7-12(11(5)6)14-13(8-10(3)4)15(17)19-16(14)18/h7-8,13-14H,1-6H3. The van der Waals surface area contributed by atoms with Gasteiger partial charge in [0.05, 0.1) is 11.8 Å². The molecule has 1 heterocycles. The fourth-order valence-electron chi connectivity index (χ4n) is 2.21. The fraction of sp³-hybridized carbons (Fsp3) is 0.500. The Morgan fingerprint density at radius 1 is 0.947 bits per heavy atom. The average Bonchev–Trinajstić information content (AvgIpc) is 2.49. The number of ether oxygens (including phenoxy) is 1. The zero-order valence-corrected chi connectivity index (χ0v) is 12.5. The van der Waals surface area contributed by atoms with Crippen molar-refractivity contribution in [2.75, 3.05) is 0 Å². The van der Waals surface area contributed by atoms with Gasteiger partial charge in [0.1, 0.15) is 0 Å².